The van der Waals surface area contributed by atoms with Crippen molar-refractivity contribution in [2.24, 2.45) is 0 Å². The van der Waals surface area contributed by atoms with Crippen molar-refractivity contribution in [1.82, 2.24) is 10.2 Å². The summed E-state index contributed by atoms with van der Waals surface area (Å²) < 4.78 is 29.2. The number of carbonyl (C=O) groups excluding carboxylic acids is 2. The maximum absolute atomic E-state index is 14.5. The van der Waals surface area contributed by atoms with E-state index in [-0.39, 0.29) is 29.8 Å². The molecule has 0 spiro atoms. The van der Waals surface area contributed by atoms with E-state index in [9.17, 15) is 18.0 Å². The predicted octanol–water partition coefficient (Wildman–Crippen LogP) is 7.05. The molecule has 0 radical (unpaired) electrons. The lowest BCUT2D eigenvalue weighted by Gasteiger charge is -2.34. The summed E-state index contributed by atoms with van der Waals surface area (Å²) in [7, 11) is -4.17. The number of hydrogen-bond acceptors (Lipinski definition) is 4. The largest absolute Gasteiger partial charge is 0.352 e. The number of rotatable bonds is 13. The van der Waals surface area contributed by atoms with Gasteiger partial charge in [-0.3, -0.25) is 13.9 Å². The summed E-state index contributed by atoms with van der Waals surface area (Å²) in [5, 5.41) is 3.69. The minimum absolute atomic E-state index is 0.00576. The molecular weight excluding hydrogens is 629 g/mol. The maximum Gasteiger partial charge on any atom is 0.264 e. The Labute approximate surface area is 275 Å². The van der Waals surface area contributed by atoms with Crippen molar-refractivity contribution in [3.05, 3.63) is 130 Å². The number of amides is 2. The van der Waals surface area contributed by atoms with E-state index in [0.29, 0.717) is 27.7 Å². The van der Waals surface area contributed by atoms with Crippen molar-refractivity contribution in [3.8, 4) is 0 Å². The van der Waals surface area contributed by atoms with Crippen LogP contribution in [-0.4, -0.2) is 43.8 Å². The zero-order valence-corrected chi connectivity index (χ0v) is 27.8. The smallest absolute Gasteiger partial charge is 0.264 e. The summed E-state index contributed by atoms with van der Waals surface area (Å²) in [6, 6.07) is 28.3. The SMILES string of the molecule is CC[C@@H](C)NC(=O)[C@H](Cc1ccccc1)N(Cc1ccc(Cl)c(Cl)c1)C(=O)CN(c1cccc(C)c1)S(=O)(=O)c1ccccc1. The molecule has 0 unspecified atom stereocenters. The Hall–Kier alpha value is -3.85. The maximum atomic E-state index is 14.5. The van der Waals surface area contributed by atoms with Gasteiger partial charge in [0.1, 0.15) is 12.6 Å². The normalized spacial score (nSPS) is 12.6. The van der Waals surface area contributed by atoms with E-state index in [1.54, 1.807) is 54.6 Å². The second kappa shape index (κ2) is 15.4. The third-order valence-corrected chi connectivity index (χ3v) is 10.0. The molecular formula is C35H37Cl2N3O4S. The Morgan fingerprint density at radius 3 is 2.11 bits per heavy atom. The molecule has 0 aromatic heterocycles. The number of carbonyl (C=O) groups is 2. The van der Waals surface area contributed by atoms with E-state index in [2.05, 4.69) is 5.32 Å². The summed E-state index contributed by atoms with van der Waals surface area (Å²) in [6.07, 6.45) is 0.910. The van der Waals surface area contributed by atoms with E-state index in [0.717, 1.165) is 15.4 Å². The summed E-state index contributed by atoms with van der Waals surface area (Å²) in [5.74, 6) is -0.892. The minimum Gasteiger partial charge on any atom is -0.352 e. The molecule has 2 atom stereocenters. The second-order valence-corrected chi connectivity index (χ2v) is 13.6. The predicted molar refractivity (Wildman–Crippen MR) is 181 cm³/mol. The summed E-state index contributed by atoms with van der Waals surface area (Å²) in [6.45, 7) is 5.17. The van der Waals surface area contributed by atoms with Crippen LogP contribution in [0.1, 0.15) is 37.0 Å². The van der Waals surface area contributed by atoms with E-state index in [1.165, 1.54) is 17.0 Å². The molecule has 1 N–H and O–H groups in total. The van der Waals surface area contributed by atoms with Crippen LogP contribution in [0.3, 0.4) is 0 Å². The number of benzene rings is 4. The van der Waals surface area contributed by atoms with Gasteiger partial charge in [-0.1, -0.05) is 96.9 Å². The first-order valence-electron chi connectivity index (χ1n) is 14.7. The molecule has 7 nitrogen and oxygen atoms in total. The average molecular weight is 667 g/mol. The number of aryl methyl sites for hydroxylation is 1. The van der Waals surface area contributed by atoms with Crippen molar-refractivity contribution >= 4 is 50.7 Å². The van der Waals surface area contributed by atoms with Gasteiger partial charge in [0.05, 0.1) is 20.6 Å². The van der Waals surface area contributed by atoms with Crippen molar-refractivity contribution in [2.45, 2.75) is 57.1 Å². The van der Waals surface area contributed by atoms with Crippen LogP contribution in [-0.2, 0) is 32.6 Å². The fourth-order valence-corrected chi connectivity index (χ4v) is 6.61. The highest BCUT2D eigenvalue weighted by atomic mass is 35.5. The van der Waals surface area contributed by atoms with Gasteiger partial charge in [-0.2, -0.15) is 0 Å². The molecule has 236 valence electrons. The molecule has 0 aliphatic heterocycles. The molecule has 10 heteroatoms. The van der Waals surface area contributed by atoms with Gasteiger partial charge < -0.3 is 10.2 Å². The second-order valence-electron chi connectivity index (χ2n) is 11.0. The summed E-state index contributed by atoms with van der Waals surface area (Å²) >= 11 is 12.5. The van der Waals surface area contributed by atoms with Crippen molar-refractivity contribution in [1.29, 1.82) is 0 Å². The van der Waals surface area contributed by atoms with Crippen molar-refractivity contribution in [2.75, 3.05) is 10.8 Å². The highest BCUT2D eigenvalue weighted by Crippen LogP contribution is 2.27. The summed E-state index contributed by atoms with van der Waals surface area (Å²) in [5.41, 5.74) is 2.66. The van der Waals surface area contributed by atoms with Gasteiger partial charge in [0, 0.05) is 19.0 Å². The molecule has 0 aliphatic carbocycles. The van der Waals surface area contributed by atoms with Crippen LogP contribution in [0.4, 0.5) is 5.69 Å². The highest BCUT2D eigenvalue weighted by Gasteiger charge is 2.35. The van der Waals surface area contributed by atoms with Crippen molar-refractivity contribution in [3.63, 3.8) is 0 Å². The van der Waals surface area contributed by atoms with Gasteiger partial charge in [-0.15, -0.1) is 0 Å². The first-order chi connectivity index (χ1) is 21.5. The van der Waals surface area contributed by atoms with E-state index in [4.69, 9.17) is 23.2 Å². The van der Waals surface area contributed by atoms with Crippen LogP contribution in [0, 0.1) is 6.92 Å². The first kappa shape index (κ1) is 34.0. The van der Waals surface area contributed by atoms with Gasteiger partial charge in [0.15, 0.2) is 0 Å². The number of hydrogen-bond donors (Lipinski definition) is 1. The number of nitrogens with one attached hydrogen (secondary N) is 1. The van der Waals surface area contributed by atoms with Crippen LogP contribution in [0.5, 0.6) is 0 Å². The van der Waals surface area contributed by atoms with Crippen LogP contribution in [0.15, 0.2) is 108 Å². The molecule has 0 saturated carbocycles. The van der Waals surface area contributed by atoms with Crippen LogP contribution in [0.25, 0.3) is 0 Å². The zero-order valence-electron chi connectivity index (χ0n) is 25.5. The van der Waals surface area contributed by atoms with Gasteiger partial charge in [0.2, 0.25) is 11.8 Å². The highest BCUT2D eigenvalue weighted by molar-refractivity contribution is 7.92. The molecule has 0 saturated heterocycles. The first-order valence-corrected chi connectivity index (χ1v) is 16.9. The van der Waals surface area contributed by atoms with Gasteiger partial charge in [-0.25, -0.2) is 8.42 Å². The van der Waals surface area contributed by atoms with Crippen LogP contribution in [0.2, 0.25) is 10.0 Å². The third kappa shape index (κ3) is 8.87. The van der Waals surface area contributed by atoms with E-state index >= 15 is 0 Å². The molecule has 0 bridgehead atoms. The molecule has 4 aromatic rings. The Morgan fingerprint density at radius 2 is 1.49 bits per heavy atom. The molecule has 4 rings (SSSR count). The van der Waals surface area contributed by atoms with E-state index in [1.807, 2.05) is 57.2 Å². The lowest BCUT2D eigenvalue weighted by Crippen LogP contribution is -2.54. The summed E-state index contributed by atoms with van der Waals surface area (Å²) in [4.78, 5) is 29.9. The third-order valence-electron chi connectivity index (χ3n) is 7.51. The minimum atomic E-state index is -4.17. The fourth-order valence-electron chi connectivity index (χ4n) is 4.86. The van der Waals surface area contributed by atoms with Crippen LogP contribution >= 0.6 is 23.2 Å². The number of nitrogens with zero attached hydrogens (tertiary/aromatic N) is 2. The molecule has 2 amide bonds. The van der Waals surface area contributed by atoms with Gasteiger partial charge in [0.25, 0.3) is 10.0 Å². The topological polar surface area (TPSA) is 86.8 Å². The number of halogens is 2. The Kier molecular flexibility index (Phi) is 11.7. The van der Waals surface area contributed by atoms with E-state index < -0.39 is 28.5 Å². The average Bonchev–Trinajstić information content (AvgIpc) is 3.03. The van der Waals surface area contributed by atoms with Gasteiger partial charge >= 0.3 is 0 Å². The monoisotopic (exact) mass is 665 g/mol. The molecule has 0 heterocycles. The van der Waals surface area contributed by atoms with Crippen molar-refractivity contribution < 1.29 is 18.0 Å². The number of sulfonamides is 1. The fraction of sp³-hybridized carbons (Fsp3) is 0.257. The number of anilines is 1. The molecule has 45 heavy (non-hydrogen) atoms. The molecule has 0 aliphatic rings. The Bertz CT molecular complexity index is 1720. The quantitative estimate of drug-likeness (QED) is 0.166. The molecule has 4 aromatic carbocycles. The lowest BCUT2D eigenvalue weighted by molar-refractivity contribution is -0.140. The standard InChI is InChI=1S/C35H37Cl2N3O4S/c1-4-26(3)38-35(42)33(22-27-13-7-5-8-14-27)39(23-28-18-19-31(36)32(37)21-28)34(41)24-40(29-15-11-12-25(2)20-29)45(43,44)30-16-9-6-10-17-30/h5-21,26,33H,4,22-24H2,1-3H3,(H,38,42)/t26-,33+/m1/s1. The zero-order chi connectivity index (χ0) is 32.6. The Morgan fingerprint density at radius 1 is 0.822 bits per heavy atom. The molecule has 0 fully saturated rings. The Balaban J connectivity index is 1.82. The van der Waals surface area contributed by atoms with Crippen LogP contribution < -0.4 is 9.62 Å². The van der Waals surface area contributed by atoms with Gasteiger partial charge in [-0.05, 0) is 73.4 Å². The lowest BCUT2D eigenvalue weighted by atomic mass is 10.0.